The van der Waals surface area contributed by atoms with Crippen LogP contribution in [-0.2, 0) is 4.79 Å². The number of hydrogen-bond donors (Lipinski definition) is 2. The quantitative estimate of drug-likeness (QED) is 0.824. The Kier molecular flexibility index (Phi) is 5.20. The minimum Gasteiger partial charge on any atom is -0.480 e. The molecule has 5 heteroatoms. The summed E-state index contributed by atoms with van der Waals surface area (Å²) in [7, 11) is 0. The number of nitrogens with zero attached hydrogens (tertiary/aromatic N) is 1. The molecule has 0 aromatic heterocycles. The third kappa shape index (κ3) is 3.19. The van der Waals surface area contributed by atoms with Gasteiger partial charge in [0.2, 0.25) is 0 Å². The average Bonchev–Trinajstić information content (AvgIpc) is 2.38. The molecule has 0 radical (unpaired) electrons. The summed E-state index contributed by atoms with van der Waals surface area (Å²) in [5.74, 6) is -0.495. The maximum absolute atomic E-state index is 12.3. The fourth-order valence-electron chi connectivity index (χ4n) is 2.68. The number of carbonyl (C=O) groups excluding carboxylic acids is 1. The second-order valence-electron chi connectivity index (χ2n) is 5.58. The van der Waals surface area contributed by atoms with Crippen LogP contribution in [-0.4, -0.2) is 40.1 Å². The van der Waals surface area contributed by atoms with E-state index in [2.05, 4.69) is 12.2 Å². The topological polar surface area (TPSA) is 69.6 Å². The van der Waals surface area contributed by atoms with Crippen molar-refractivity contribution >= 4 is 12.0 Å². The maximum Gasteiger partial charge on any atom is 0.329 e. The van der Waals surface area contributed by atoms with Gasteiger partial charge in [0.15, 0.2) is 0 Å². The summed E-state index contributed by atoms with van der Waals surface area (Å²) in [5, 5.41) is 12.1. The van der Waals surface area contributed by atoms with E-state index in [4.69, 9.17) is 0 Å². The van der Waals surface area contributed by atoms with Crippen molar-refractivity contribution in [3.63, 3.8) is 0 Å². The first-order valence-electron chi connectivity index (χ1n) is 7.20. The van der Waals surface area contributed by atoms with Crippen molar-refractivity contribution in [3.8, 4) is 0 Å². The number of piperidine rings is 1. The number of aliphatic carboxylic acids is 1. The van der Waals surface area contributed by atoms with E-state index in [-0.39, 0.29) is 12.1 Å². The molecule has 1 fully saturated rings. The highest BCUT2D eigenvalue weighted by Crippen LogP contribution is 2.24. The van der Waals surface area contributed by atoms with Crippen LogP contribution >= 0.6 is 0 Å². The molecule has 2 unspecified atom stereocenters. The van der Waals surface area contributed by atoms with E-state index >= 15 is 0 Å². The number of amides is 2. The zero-order chi connectivity index (χ0) is 14.6. The van der Waals surface area contributed by atoms with Gasteiger partial charge in [0.1, 0.15) is 5.54 Å². The molecule has 0 saturated carbocycles. The van der Waals surface area contributed by atoms with Gasteiger partial charge in [0, 0.05) is 12.6 Å². The van der Waals surface area contributed by atoms with Crippen LogP contribution in [0.5, 0.6) is 0 Å². The van der Waals surface area contributed by atoms with E-state index in [1.807, 2.05) is 6.92 Å². The van der Waals surface area contributed by atoms with E-state index in [1.54, 1.807) is 18.7 Å². The lowest BCUT2D eigenvalue weighted by molar-refractivity contribution is -0.144. The number of carboxylic acids is 1. The van der Waals surface area contributed by atoms with E-state index in [1.165, 1.54) is 0 Å². The smallest absolute Gasteiger partial charge is 0.329 e. The third-order valence-electron chi connectivity index (χ3n) is 4.60. The van der Waals surface area contributed by atoms with Gasteiger partial charge >= 0.3 is 12.0 Å². The first-order valence-corrected chi connectivity index (χ1v) is 7.20. The zero-order valence-corrected chi connectivity index (χ0v) is 12.4. The number of urea groups is 1. The molecule has 1 saturated heterocycles. The molecule has 1 rings (SSSR count). The van der Waals surface area contributed by atoms with Gasteiger partial charge in [-0.2, -0.15) is 0 Å². The number of carbonyl (C=O) groups is 2. The molecule has 5 nitrogen and oxygen atoms in total. The van der Waals surface area contributed by atoms with Crippen LogP contribution in [0.3, 0.4) is 0 Å². The number of hydrogen-bond acceptors (Lipinski definition) is 2. The molecule has 0 aliphatic carbocycles. The van der Waals surface area contributed by atoms with Crippen molar-refractivity contribution in [1.82, 2.24) is 10.2 Å². The third-order valence-corrected chi connectivity index (χ3v) is 4.60. The van der Waals surface area contributed by atoms with Crippen LogP contribution < -0.4 is 5.32 Å². The van der Waals surface area contributed by atoms with Crippen LogP contribution in [0, 0.1) is 5.92 Å². The largest absolute Gasteiger partial charge is 0.480 e. The molecule has 1 heterocycles. The fourth-order valence-corrected chi connectivity index (χ4v) is 2.68. The molecular formula is C14H26N2O3. The molecule has 2 atom stereocenters. The molecule has 2 N–H and O–H groups in total. The molecule has 2 amide bonds. The Bertz CT molecular complexity index is 340. The second-order valence-corrected chi connectivity index (χ2v) is 5.58. The van der Waals surface area contributed by atoms with Crippen molar-refractivity contribution in [2.75, 3.05) is 6.54 Å². The molecule has 1 aliphatic heterocycles. The summed E-state index contributed by atoms with van der Waals surface area (Å²) in [5.41, 5.74) is -1.14. The summed E-state index contributed by atoms with van der Waals surface area (Å²) in [6.45, 7) is 8.46. The summed E-state index contributed by atoms with van der Waals surface area (Å²) >= 11 is 0. The molecular weight excluding hydrogens is 244 g/mol. The van der Waals surface area contributed by atoms with Crippen LogP contribution in [0.15, 0.2) is 0 Å². The fraction of sp³-hybridized carbons (Fsp3) is 0.857. The predicted octanol–water partition coefficient (Wildman–Crippen LogP) is 2.46. The molecule has 0 bridgehead atoms. The van der Waals surface area contributed by atoms with Crippen LogP contribution in [0.1, 0.15) is 53.4 Å². The minimum atomic E-state index is -1.14. The van der Waals surface area contributed by atoms with Crippen molar-refractivity contribution < 1.29 is 14.7 Å². The highest BCUT2D eigenvalue weighted by Gasteiger charge is 2.39. The first kappa shape index (κ1) is 15.8. The number of carboxylic acid groups (broad SMARTS) is 1. The normalized spacial score (nSPS) is 24.1. The van der Waals surface area contributed by atoms with Gasteiger partial charge < -0.3 is 15.3 Å². The number of rotatable bonds is 4. The Hall–Kier alpha value is -1.26. The minimum absolute atomic E-state index is 0.161. The zero-order valence-electron chi connectivity index (χ0n) is 12.4. The predicted molar refractivity (Wildman–Crippen MR) is 74.0 cm³/mol. The van der Waals surface area contributed by atoms with Crippen molar-refractivity contribution in [2.45, 2.75) is 65.0 Å². The summed E-state index contributed by atoms with van der Waals surface area (Å²) in [6.07, 6.45) is 2.89. The standard InChI is InChI=1S/C14H26N2O3/c1-5-14(6-2,12(17)18)15-13(19)16-9-7-8-10(3)11(16)4/h10-11H,5-9H2,1-4H3,(H,15,19)(H,17,18). The number of nitrogens with one attached hydrogen (secondary N) is 1. The van der Waals surface area contributed by atoms with Gasteiger partial charge in [-0.25, -0.2) is 9.59 Å². The van der Waals surface area contributed by atoms with E-state index in [0.29, 0.717) is 25.3 Å². The Morgan fingerprint density at radius 1 is 1.32 bits per heavy atom. The Balaban J connectivity index is 2.80. The molecule has 0 aromatic carbocycles. The molecule has 1 aliphatic rings. The van der Waals surface area contributed by atoms with Crippen molar-refractivity contribution in [3.05, 3.63) is 0 Å². The highest BCUT2D eigenvalue weighted by atomic mass is 16.4. The van der Waals surface area contributed by atoms with Crippen LogP contribution in [0.25, 0.3) is 0 Å². The van der Waals surface area contributed by atoms with E-state index < -0.39 is 11.5 Å². The Morgan fingerprint density at radius 3 is 2.37 bits per heavy atom. The Morgan fingerprint density at radius 2 is 1.89 bits per heavy atom. The molecule has 110 valence electrons. The maximum atomic E-state index is 12.3. The lowest BCUT2D eigenvalue weighted by Gasteiger charge is -2.40. The lowest BCUT2D eigenvalue weighted by Crippen LogP contribution is -2.60. The van der Waals surface area contributed by atoms with E-state index in [0.717, 1.165) is 12.8 Å². The van der Waals surface area contributed by atoms with Gasteiger partial charge in [-0.05, 0) is 38.5 Å². The monoisotopic (exact) mass is 270 g/mol. The second kappa shape index (κ2) is 6.26. The van der Waals surface area contributed by atoms with Gasteiger partial charge in [-0.15, -0.1) is 0 Å². The summed E-state index contributed by atoms with van der Waals surface area (Å²) in [4.78, 5) is 25.5. The van der Waals surface area contributed by atoms with Crippen LogP contribution in [0.2, 0.25) is 0 Å². The summed E-state index contributed by atoms with van der Waals surface area (Å²) < 4.78 is 0. The lowest BCUT2D eigenvalue weighted by atomic mass is 9.91. The van der Waals surface area contributed by atoms with Crippen molar-refractivity contribution in [1.29, 1.82) is 0 Å². The highest BCUT2D eigenvalue weighted by molar-refractivity contribution is 5.86. The van der Waals surface area contributed by atoms with Crippen molar-refractivity contribution in [2.24, 2.45) is 5.92 Å². The van der Waals surface area contributed by atoms with Crippen LogP contribution in [0.4, 0.5) is 4.79 Å². The van der Waals surface area contributed by atoms with Gasteiger partial charge in [0.05, 0.1) is 0 Å². The van der Waals surface area contributed by atoms with Gasteiger partial charge in [0.25, 0.3) is 0 Å². The molecule has 0 spiro atoms. The SMILES string of the molecule is CCC(CC)(NC(=O)N1CCCC(C)C1C)C(=O)O. The summed E-state index contributed by atoms with van der Waals surface area (Å²) in [6, 6.07) is -0.0842. The first-order chi connectivity index (χ1) is 8.88. The number of likely N-dealkylation sites (tertiary alicyclic amines) is 1. The van der Waals surface area contributed by atoms with E-state index in [9.17, 15) is 14.7 Å². The average molecular weight is 270 g/mol. The molecule has 19 heavy (non-hydrogen) atoms. The Labute approximate surface area is 115 Å². The van der Waals surface area contributed by atoms with Gasteiger partial charge in [-0.1, -0.05) is 20.8 Å². The molecule has 0 aromatic rings. The van der Waals surface area contributed by atoms with Gasteiger partial charge in [-0.3, -0.25) is 0 Å².